The van der Waals surface area contributed by atoms with Crippen LogP contribution in [0.1, 0.15) is 38.3 Å². The van der Waals surface area contributed by atoms with Crippen LogP contribution >= 0.6 is 0 Å². The zero-order valence-corrected chi connectivity index (χ0v) is 17.1. The molecule has 0 spiro atoms. The number of Topliss-reactive ketones (excluding diaryl/α,β-unsaturated/α-hetero) is 1. The molecule has 1 aromatic carbocycles. The first kappa shape index (κ1) is 19.1. The Morgan fingerprint density at radius 1 is 1.03 bits per heavy atom. The van der Waals surface area contributed by atoms with Gasteiger partial charge in [0.1, 0.15) is 0 Å². The summed E-state index contributed by atoms with van der Waals surface area (Å²) in [4.78, 5) is 13.2. The molecule has 0 amide bonds. The van der Waals surface area contributed by atoms with Crippen LogP contribution < -0.4 is 24.8 Å². The molecule has 0 fully saturated rings. The number of hydrogen-bond donors (Lipinski definition) is 2. The van der Waals surface area contributed by atoms with E-state index >= 15 is 0 Å². The molecule has 4 rings (SSSR count). The summed E-state index contributed by atoms with van der Waals surface area (Å²) in [5, 5.41) is 14.4. The highest BCUT2D eigenvalue weighted by molar-refractivity contribution is 6.00. The highest BCUT2D eigenvalue weighted by atomic mass is 16.6. The molecule has 29 heavy (non-hydrogen) atoms. The van der Waals surface area contributed by atoms with E-state index in [1.807, 2.05) is 12.1 Å². The second-order valence-electron chi connectivity index (χ2n) is 7.96. The van der Waals surface area contributed by atoms with E-state index in [-0.39, 0.29) is 11.2 Å². The number of nitrogens with zero attached hydrogens (tertiary/aromatic N) is 2. The molecular formula is C20H24N4O5. The van der Waals surface area contributed by atoms with Crippen molar-refractivity contribution in [3.63, 3.8) is 0 Å². The molecule has 2 N–H and O–H groups in total. The smallest absolute Gasteiger partial charge is 0.219 e. The monoisotopic (exact) mass is 400 g/mol. The van der Waals surface area contributed by atoms with E-state index in [0.717, 1.165) is 11.3 Å². The first-order valence-electron chi connectivity index (χ1n) is 9.29. The standard InChI is InChI=1S/C20H24N4O5/c1-20(2)8-11-15(12(25)9-20)16(22-19-18(21-11)23-29-24-19)10-6-13(26-3)17(28-5)14(7-10)27-4/h6-7,16H,8-9H2,1-5H3,(H,21,23)(H,22,24)/t16-/m0/s1. The van der Waals surface area contributed by atoms with Crippen molar-refractivity contribution >= 4 is 17.4 Å². The number of carbonyl (C=O) groups excluding carboxylic acids is 1. The Morgan fingerprint density at radius 3 is 2.31 bits per heavy atom. The van der Waals surface area contributed by atoms with Crippen molar-refractivity contribution in [3.05, 3.63) is 29.0 Å². The van der Waals surface area contributed by atoms with Gasteiger partial charge in [-0.3, -0.25) is 4.79 Å². The van der Waals surface area contributed by atoms with Gasteiger partial charge in [0.25, 0.3) is 0 Å². The van der Waals surface area contributed by atoms with Crippen molar-refractivity contribution in [3.8, 4) is 17.2 Å². The maximum atomic E-state index is 13.2. The normalized spacial score (nSPS) is 20.0. The van der Waals surface area contributed by atoms with E-state index in [4.69, 9.17) is 18.8 Å². The lowest BCUT2D eigenvalue weighted by Crippen LogP contribution is -2.31. The SMILES string of the molecule is COc1cc([C@@H]2Nc3nonc3NC3=C2C(=O)CC(C)(C)C3)cc(OC)c1OC. The molecule has 0 unspecified atom stereocenters. The number of rotatable bonds is 4. The fourth-order valence-electron chi connectivity index (χ4n) is 4.02. The number of carbonyl (C=O) groups is 1. The number of ketones is 1. The maximum Gasteiger partial charge on any atom is 0.219 e. The Bertz CT molecular complexity index is 970. The van der Waals surface area contributed by atoms with E-state index in [1.54, 1.807) is 21.3 Å². The number of aromatic nitrogens is 2. The summed E-state index contributed by atoms with van der Waals surface area (Å²) >= 11 is 0. The Labute approximate surface area is 168 Å². The number of anilines is 2. The number of ether oxygens (including phenoxy) is 3. The van der Waals surface area contributed by atoms with Crippen molar-refractivity contribution in [1.29, 1.82) is 0 Å². The predicted molar refractivity (Wildman–Crippen MR) is 105 cm³/mol. The first-order chi connectivity index (χ1) is 13.9. The second-order valence-corrected chi connectivity index (χ2v) is 7.96. The minimum atomic E-state index is -0.483. The van der Waals surface area contributed by atoms with Crippen molar-refractivity contribution < 1.29 is 23.6 Å². The maximum absolute atomic E-state index is 13.2. The van der Waals surface area contributed by atoms with E-state index < -0.39 is 6.04 Å². The Hall–Kier alpha value is -3.23. The number of fused-ring (bicyclic) bond motifs is 1. The summed E-state index contributed by atoms with van der Waals surface area (Å²) in [6.45, 7) is 4.15. The zero-order valence-electron chi connectivity index (χ0n) is 17.1. The third kappa shape index (κ3) is 3.26. The van der Waals surface area contributed by atoms with E-state index in [1.165, 1.54) is 0 Å². The summed E-state index contributed by atoms with van der Waals surface area (Å²) in [7, 11) is 4.66. The van der Waals surface area contributed by atoms with Gasteiger partial charge in [0.05, 0.1) is 27.4 Å². The van der Waals surface area contributed by atoms with Gasteiger partial charge in [-0.2, -0.15) is 0 Å². The van der Waals surface area contributed by atoms with Gasteiger partial charge in [-0.15, -0.1) is 0 Å². The molecule has 1 aliphatic carbocycles. The van der Waals surface area contributed by atoms with Crippen LogP contribution in [0.15, 0.2) is 28.0 Å². The van der Waals surface area contributed by atoms with Crippen LogP contribution in [0.5, 0.6) is 17.2 Å². The third-order valence-corrected chi connectivity index (χ3v) is 5.27. The van der Waals surface area contributed by atoms with Crippen LogP contribution in [0.25, 0.3) is 0 Å². The molecule has 2 aliphatic rings. The molecule has 1 atom stereocenters. The van der Waals surface area contributed by atoms with Crippen molar-refractivity contribution in [2.24, 2.45) is 5.41 Å². The van der Waals surface area contributed by atoms with Crippen molar-refractivity contribution in [2.75, 3.05) is 32.0 Å². The topological polar surface area (TPSA) is 108 Å². The number of benzene rings is 1. The molecule has 0 radical (unpaired) electrons. The zero-order chi connectivity index (χ0) is 20.8. The largest absolute Gasteiger partial charge is 0.493 e. The minimum Gasteiger partial charge on any atom is -0.493 e. The number of hydrogen-bond acceptors (Lipinski definition) is 9. The minimum absolute atomic E-state index is 0.0668. The molecule has 0 saturated heterocycles. The highest BCUT2D eigenvalue weighted by Gasteiger charge is 2.40. The second kappa shape index (κ2) is 6.98. The van der Waals surface area contributed by atoms with Gasteiger partial charge in [-0.1, -0.05) is 13.8 Å². The Morgan fingerprint density at radius 2 is 1.69 bits per heavy atom. The average Bonchev–Trinajstić information content (AvgIpc) is 3.04. The number of methoxy groups -OCH3 is 3. The number of nitrogens with one attached hydrogen (secondary N) is 2. The molecule has 2 heterocycles. The molecule has 1 aliphatic heterocycles. The molecule has 9 heteroatoms. The highest BCUT2D eigenvalue weighted by Crippen LogP contribution is 2.47. The van der Waals surface area contributed by atoms with Crippen LogP contribution in [0.3, 0.4) is 0 Å². The molecule has 154 valence electrons. The summed E-state index contributed by atoms with van der Waals surface area (Å²) in [6, 6.07) is 3.17. The van der Waals surface area contributed by atoms with Crippen molar-refractivity contribution in [1.82, 2.24) is 10.3 Å². The quantitative estimate of drug-likeness (QED) is 0.799. The lowest BCUT2D eigenvalue weighted by molar-refractivity contribution is -0.118. The van der Waals surface area contributed by atoms with Gasteiger partial charge in [-0.05, 0) is 39.8 Å². The van der Waals surface area contributed by atoms with Gasteiger partial charge in [0, 0.05) is 17.7 Å². The van der Waals surface area contributed by atoms with E-state index in [2.05, 4.69) is 34.8 Å². The summed E-state index contributed by atoms with van der Waals surface area (Å²) in [5.41, 5.74) is 2.08. The lowest BCUT2D eigenvalue weighted by Gasteiger charge is -2.34. The van der Waals surface area contributed by atoms with Gasteiger partial charge in [-0.25, -0.2) is 4.63 Å². The van der Waals surface area contributed by atoms with E-state index in [0.29, 0.717) is 47.3 Å². The van der Waals surface area contributed by atoms with Gasteiger partial charge in [0.15, 0.2) is 17.3 Å². The Kier molecular flexibility index (Phi) is 4.60. The number of allylic oxidation sites excluding steroid dienone is 1. The van der Waals surface area contributed by atoms with Crippen LogP contribution in [-0.2, 0) is 4.79 Å². The molecule has 1 aromatic heterocycles. The van der Waals surface area contributed by atoms with Crippen LogP contribution in [0.2, 0.25) is 0 Å². The molecule has 9 nitrogen and oxygen atoms in total. The van der Waals surface area contributed by atoms with Crippen LogP contribution in [-0.4, -0.2) is 37.4 Å². The first-order valence-corrected chi connectivity index (χ1v) is 9.29. The predicted octanol–water partition coefficient (Wildman–Crippen LogP) is 3.32. The lowest BCUT2D eigenvalue weighted by atomic mass is 9.73. The van der Waals surface area contributed by atoms with Gasteiger partial charge < -0.3 is 24.8 Å². The van der Waals surface area contributed by atoms with Gasteiger partial charge >= 0.3 is 0 Å². The average molecular weight is 400 g/mol. The van der Waals surface area contributed by atoms with Crippen LogP contribution in [0.4, 0.5) is 11.6 Å². The summed E-state index contributed by atoms with van der Waals surface area (Å²) < 4.78 is 21.3. The summed E-state index contributed by atoms with van der Waals surface area (Å²) in [5.74, 6) is 2.45. The Balaban J connectivity index is 1.90. The van der Waals surface area contributed by atoms with Crippen molar-refractivity contribution in [2.45, 2.75) is 32.7 Å². The summed E-state index contributed by atoms with van der Waals surface area (Å²) in [6.07, 6.45) is 1.15. The molecular weight excluding hydrogens is 376 g/mol. The fourth-order valence-corrected chi connectivity index (χ4v) is 4.02. The molecule has 0 bridgehead atoms. The molecule has 2 aromatic rings. The molecule has 0 saturated carbocycles. The van der Waals surface area contributed by atoms with Crippen LogP contribution in [0, 0.1) is 5.41 Å². The third-order valence-electron chi connectivity index (χ3n) is 5.27. The van der Waals surface area contributed by atoms with Gasteiger partial charge in [0.2, 0.25) is 17.4 Å². The fraction of sp³-hybridized carbons (Fsp3) is 0.450. The van der Waals surface area contributed by atoms with E-state index in [9.17, 15) is 4.79 Å².